The number of aliphatic hydroxyl groups excluding tert-OH is 1. The molecule has 22 heavy (non-hydrogen) atoms. The van der Waals surface area contributed by atoms with Crippen LogP contribution in [0.3, 0.4) is 0 Å². The van der Waals surface area contributed by atoms with Crippen LogP contribution in [0, 0.1) is 32.6 Å². The number of hydrogen-bond donors (Lipinski definition) is 1. The highest BCUT2D eigenvalue weighted by molar-refractivity contribution is 9.11. The molecule has 2 aliphatic heterocycles. The predicted molar refractivity (Wildman–Crippen MR) is 87.9 cm³/mol. The molecule has 2 heterocycles. The van der Waals surface area contributed by atoms with Crippen molar-refractivity contribution in [1.82, 2.24) is 0 Å². The lowest BCUT2D eigenvalue weighted by atomic mass is 9.84. The topological polar surface area (TPSA) is 46.5 Å². The fraction of sp³-hybridized carbons (Fsp3) is 0.389. The van der Waals surface area contributed by atoms with Crippen LogP contribution in [0.1, 0.15) is 22.3 Å². The van der Waals surface area contributed by atoms with Crippen molar-refractivity contribution in [3.63, 3.8) is 0 Å². The van der Waals surface area contributed by atoms with Crippen LogP contribution in [0.15, 0.2) is 28.5 Å². The van der Waals surface area contributed by atoms with Crippen molar-refractivity contribution in [1.29, 1.82) is 0 Å². The molecule has 4 rings (SSSR count). The molecule has 2 bridgehead atoms. The van der Waals surface area contributed by atoms with Gasteiger partial charge in [-0.1, -0.05) is 33.6 Å². The number of ketones is 1. The maximum Gasteiger partial charge on any atom is 0.173 e. The van der Waals surface area contributed by atoms with Crippen molar-refractivity contribution < 1.29 is 14.6 Å². The second-order valence-electron chi connectivity index (χ2n) is 6.52. The van der Waals surface area contributed by atoms with Crippen molar-refractivity contribution >= 4 is 27.3 Å². The van der Waals surface area contributed by atoms with Crippen LogP contribution in [0.5, 0.6) is 0 Å². The summed E-state index contributed by atoms with van der Waals surface area (Å²) >= 11 is 3.48. The van der Waals surface area contributed by atoms with E-state index in [1.54, 1.807) is 0 Å². The molecule has 4 atom stereocenters. The molecule has 0 amide bonds. The van der Waals surface area contributed by atoms with E-state index in [9.17, 15) is 9.90 Å². The number of aryl methyl sites for hydroxylation is 3. The van der Waals surface area contributed by atoms with Gasteiger partial charge >= 0.3 is 0 Å². The van der Waals surface area contributed by atoms with Gasteiger partial charge in [-0.25, -0.2) is 0 Å². The van der Waals surface area contributed by atoms with Crippen LogP contribution >= 0.6 is 15.9 Å². The minimum atomic E-state index is -0.276. The van der Waals surface area contributed by atoms with Crippen molar-refractivity contribution in [2.24, 2.45) is 11.8 Å². The Morgan fingerprint density at radius 3 is 2.41 bits per heavy atom. The van der Waals surface area contributed by atoms with Gasteiger partial charge in [0.05, 0.1) is 23.5 Å². The summed E-state index contributed by atoms with van der Waals surface area (Å²) in [5, 5.41) is 10.8. The quantitative estimate of drug-likeness (QED) is 0.829. The summed E-state index contributed by atoms with van der Waals surface area (Å²) in [6.07, 6.45) is 1.51. The molecule has 1 aliphatic carbocycles. The van der Waals surface area contributed by atoms with Gasteiger partial charge in [0.2, 0.25) is 0 Å². The van der Waals surface area contributed by atoms with E-state index in [4.69, 9.17) is 4.74 Å². The first-order valence-electron chi connectivity index (χ1n) is 7.48. The van der Waals surface area contributed by atoms with Crippen LogP contribution in [0.4, 0.5) is 0 Å². The van der Waals surface area contributed by atoms with Crippen LogP contribution in [0.2, 0.25) is 0 Å². The Hall–Kier alpha value is -1.39. The van der Waals surface area contributed by atoms with E-state index < -0.39 is 0 Å². The minimum Gasteiger partial charge on any atom is -0.511 e. The largest absolute Gasteiger partial charge is 0.511 e. The Kier molecular flexibility index (Phi) is 2.94. The van der Waals surface area contributed by atoms with E-state index in [1.807, 2.05) is 26.8 Å². The Morgan fingerprint density at radius 2 is 1.77 bits per heavy atom. The number of carbonyl (C=O) groups excluding carboxylic acids is 1. The van der Waals surface area contributed by atoms with Gasteiger partial charge in [-0.2, -0.15) is 0 Å². The molecule has 1 aromatic carbocycles. The molecule has 4 heteroatoms. The normalized spacial score (nSPS) is 32.7. The summed E-state index contributed by atoms with van der Waals surface area (Å²) in [4.78, 5) is 12.9. The van der Waals surface area contributed by atoms with E-state index in [0.717, 1.165) is 26.7 Å². The van der Waals surface area contributed by atoms with Crippen LogP contribution in [0.25, 0.3) is 5.57 Å². The second-order valence-corrected chi connectivity index (χ2v) is 7.44. The number of halogens is 1. The average Bonchev–Trinajstić information content (AvgIpc) is 3.03. The standard InChI is InChI=1S/C18H17BrO3/c1-7-4-8(2)12(9(3)5-7)14-16(20)13-11-6-10(19)18(22-11)15(13)17(14)21/h4-6,11,13,15,18,21H,1-3H3/t11-,13-,15+,18+/m0/s1. The van der Waals surface area contributed by atoms with Gasteiger partial charge < -0.3 is 9.84 Å². The number of carbonyl (C=O) groups is 1. The van der Waals surface area contributed by atoms with Gasteiger partial charge in [0.15, 0.2) is 5.78 Å². The lowest BCUT2D eigenvalue weighted by Crippen LogP contribution is -2.27. The van der Waals surface area contributed by atoms with E-state index in [0.29, 0.717) is 5.57 Å². The Labute approximate surface area is 137 Å². The van der Waals surface area contributed by atoms with Gasteiger partial charge in [0.1, 0.15) is 11.9 Å². The second kappa shape index (κ2) is 4.56. The van der Waals surface area contributed by atoms with Crippen molar-refractivity contribution in [3.8, 4) is 0 Å². The molecule has 1 aromatic rings. The lowest BCUT2D eigenvalue weighted by Gasteiger charge is -2.18. The van der Waals surface area contributed by atoms with Crippen molar-refractivity contribution in [3.05, 3.63) is 50.7 Å². The number of ether oxygens (including phenoxy) is 1. The first-order valence-corrected chi connectivity index (χ1v) is 8.27. The number of aliphatic hydroxyl groups is 1. The summed E-state index contributed by atoms with van der Waals surface area (Å²) in [5.41, 5.74) is 4.62. The average molecular weight is 361 g/mol. The number of Topliss-reactive ketones (excluding diaryl/α,β-unsaturated/α-hetero) is 1. The van der Waals surface area contributed by atoms with E-state index in [-0.39, 0.29) is 35.6 Å². The summed E-state index contributed by atoms with van der Waals surface area (Å²) in [7, 11) is 0. The van der Waals surface area contributed by atoms with Crippen molar-refractivity contribution in [2.75, 3.05) is 0 Å². The monoisotopic (exact) mass is 360 g/mol. The zero-order chi connectivity index (χ0) is 15.8. The fourth-order valence-electron chi connectivity index (χ4n) is 4.27. The van der Waals surface area contributed by atoms with E-state index in [1.165, 1.54) is 0 Å². The number of fused-ring (bicyclic) bond motifs is 5. The third-order valence-corrected chi connectivity index (χ3v) is 5.73. The maximum absolute atomic E-state index is 12.9. The summed E-state index contributed by atoms with van der Waals surface area (Å²) in [6, 6.07) is 4.12. The van der Waals surface area contributed by atoms with Gasteiger partial charge in [-0.05, 0) is 43.5 Å². The van der Waals surface area contributed by atoms with Gasteiger partial charge in [0, 0.05) is 4.48 Å². The highest BCUT2D eigenvalue weighted by atomic mass is 79.9. The zero-order valence-electron chi connectivity index (χ0n) is 12.7. The minimum absolute atomic E-state index is 0.0151. The Bertz CT molecular complexity index is 752. The first kappa shape index (κ1) is 14.2. The Balaban J connectivity index is 1.88. The van der Waals surface area contributed by atoms with Crippen LogP contribution in [-0.4, -0.2) is 23.1 Å². The molecule has 1 saturated heterocycles. The molecular weight excluding hydrogens is 344 g/mol. The molecule has 0 saturated carbocycles. The summed E-state index contributed by atoms with van der Waals surface area (Å²) in [6.45, 7) is 6.03. The molecule has 114 valence electrons. The smallest absolute Gasteiger partial charge is 0.173 e. The lowest BCUT2D eigenvalue weighted by molar-refractivity contribution is -0.118. The van der Waals surface area contributed by atoms with E-state index in [2.05, 4.69) is 28.1 Å². The molecule has 0 radical (unpaired) electrons. The van der Waals surface area contributed by atoms with Crippen LogP contribution < -0.4 is 0 Å². The summed E-state index contributed by atoms with van der Waals surface area (Å²) in [5.74, 6) is -0.308. The third kappa shape index (κ3) is 1.68. The highest BCUT2D eigenvalue weighted by Crippen LogP contribution is 2.54. The number of rotatable bonds is 1. The number of benzene rings is 1. The molecule has 0 unspecified atom stereocenters. The first-order chi connectivity index (χ1) is 10.4. The SMILES string of the molecule is Cc1cc(C)c(C2=C(O)[C@H]3[C@@H](C2=O)[C@@H]2C=C(Br)[C@H]3O2)c(C)c1. The summed E-state index contributed by atoms with van der Waals surface area (Å²) < 4.78 is 6.74. The van der Waals surface area contributed by atoms with Gasteiger partial charge in [-0.15, -0.1) is 0 Å². The van der Waals surface area contributed by atoms with Crippen LogP contribution in [-0.2, 0) is 9.53 Å². The van der Waals surface area contributed by atoms with Gasteiger partial charge in [-0.3, -0.25) is 4.79 Å². The van der Waals surface area contributed by atoms with E-state index >= 15 is 0 Å². The molecule has 3 nitrogen and oxygen atoms in total. The molecule has 0 spiro atoms. The molecule has 1 N–H and O–H groups in total. The zero-order valence-corrected chi connectivity index (χ0v) is 14.3. The van der Waals surface area contributed by atoms with Gasteiger partial charge in [0.25, 0.3) is 0 Å². The molecule has 1 fully saturated rings. The predicted octanol–water partition coefficient (Wildman–Crippen LogP) is 3.76. The Morgan fingerprint density at radius 1 is 1.14 bits per heavy atom. The molecular formula is C18H17BrO3. The molecule has 3 aliphatic rings. The highest BCUT2D eigenvalue weighted by Gasteiger charge is 2.59. The maximum atomic E-state index is 12.9. The number of allylic oxidation sites excluding steroid dienone is 1. The fourth-order valence-corrected chi connectivity index (χ4v) is 4.93. The third-order valence-electron chi connectivity index (χ3n) is 5.01. The number of hydrogen-bond acceptors (Lipinski definition) is 3. The molecule has 0 aromatic heterocycles. The van der Waals surface area contributed by atoms with Crippen molar-refractivity contribution in [2.45, 2.75) is 33.0 Å².